The zero-order valence-electron chi connectivity index (χ0n) is 8.34. The van der Waals surface area contributed by atoms with Crippen molar-refractivity contribution in [2.45, 2.75) is 58.0 Å². The molecule has 0 unspecified atom stereocenters. The Morgan fingerprint density at radius 3 is 2.00 bits per heavy atom. The molecule has 0 radical (unpaired) electrons. The average molecular weight is 222 g/mol. The average Bonchev–Trinajstić information content (AvgIpc) is 1.98. The van der Waals surface area contributed by atoms with E-state index in [1.807, 2.05) is 0 Å². The van der Waals surface area contributed by atoms with Crippen molar-refractivity contribution in [1.82, 2.24) is 0 Å². The Kier molecular flexibility index (Phi) is 7.89. The number of hydrogen-bond acceptors (Lipinski definition) is 2. The van der Waals surface area contributed by atoms with Gasteiger partial charge in [0.2, 0.25) is 0 Å². The number of unbranched alkanes of at least 4 members (excludes halogenated alkanes) is 3. The van der Waals surface area contributed by atoms with Gasteiger partial charge in [0.15, 0.2) is 6.37 Å². The van der Waals surface area contributed by atoms with Gasteiger partial charge in [-0.25, -0.2) is 0 Å². The number of rotatable bonds is 7. The molecule has 0 saturated carbocycles. The second-order valence-corrected chi connectivity index (χ2v) is 12.7. The second kappa shape index (κ2) is 7.33. The molecule has 0 aliphatic heterocycles. The van der Waals surface area contributed by atoms with Crippen molar-refractivity contribution in [3.8, 4) is 0 Å². The Morgan fingerprint density at radius 2 is 1.50 bits per heavy atom. The standard InChI is InChI=1S/C9H22S2Si/c1-3-5-6-7-9-12(10,11)8-4-2/h10-11H,3-9H2,1-2H3. The molecule has 0 spiro atoms. The monoisotopic (exact) mass is 222 g/mol. The van der Waals surface area contributed by atoms with Crippen LogP contribution in [0.3, 0.4) is 0 Å². The predicted octanol–water partition coefficient (Wildman–Crippen LogP) is 4.28. The summed E-state index contributed by atoms with van der Waals surface area (Å²) in [4.78, 5) is 0. The van der Waals surface area contributed by atoms with Gasteiger partial charge in [0.05, 0.1) is 0 Å². The summed E-state index contributed by atoms with van der Waals surface area (Å²) < 4.78 is 0. The highest BCUT2D eigenvalue weighted by Gasteiger charge is 2.21. The predicted molar refractivity (Wildman–Crippen MR) is 67.8 cm³/mol. The molecule has 0 heterocycles. The molecule has 0 rings (SSSR count). The van der Waals surface area contributed by atoms with Crippen LogP contribution in [0.5, 0.6) is 0 Å². The molecular weight excluding hydrogens is 200 g/mol. The molecule has 0 aliphatic rings. The minimum atomic E-state index is -1.36. The highest BCUT2D eigenvalue weighted by molar-refractivity contribution is 8.45. The molecule has 0 N–H and O–H groups in total. The summed E-state index contributed by atoms with van der Waals surface area (Å²) in [5, 5.41) is 0. The van der Waals surface area contributed by atoms with Crippen LogP contribution in [-0.2, 0) is 0 Å². The fourth-order valence-electron chi connectivity index (χ4n) is 1.36. The molecule has 74 valence electrons. The first kappa shape index (κ1) is 12.9. The van der Waals surface area contributed by atoms with Crippen LogP contribution in [0.25, 0.3) is 0 Å². The van der Waals surface area contributed by atoms with E-state index in [0.29, 0.717) is 0 Å². The molecule has 0 aliphatic carbocycles. The van der Waals surface area contributed by atoms with Crippen LogP contribution in [0.1, 0.15) is 46.0 Å². The summed E-state index contributed by atoms with van der Waals surface area (Å²) >= 11 is 9.34. The quantitative estimate of drug-likeness (QED) is 0.359. The second-order valence-electron chi connectivity index (χ2n) is 3.54. The van der Waals surface area contributed by atoms with Gasteiger partial charge in [-0.05, 0) is 12.1 Å². The maximum atomic E-state index is 4.67. The first-order chi connectivity index (χ1) is 5.62. The van der Waals surface area contributed by atoms with E-state index in [9.17, 15) is 0 Å². The number of thiol groups is 2. The van der Waals surface area contributed by atoms with E-state index >= 15 is 0 Å². The van der Waals surface area contributed by atoms with Gasteiger partial charge >= 0.3 is 0 Å². The van der Waals surface area contributed by atoms with Gasteiger partial charge in [-0.3, -0.25) is 0 Å². The molecule has 0 saturated heterocycles. The van der Waals surface area contributed by atoms with Gasteiger partial charge in [0, 0.05) is 0 Å². The lowest BCUT2D eigenvalue weighted by atomic mass is 10.2. The maximum Gasteiger partial charge on any atom is 0.169 e. The Labute approximate surface area is 88.6 Å². The zero-order valence-corrected chi connectivity index (χ0v) is 11.1. The maximum absolute atomic E-state index is 4.67. The lowest BCUT2D eigenvalue weighted by Crippen LogP contribution is -2.17. The molecule has 3 heteroatoms. The molecule has 0 amide bonds. The van der Waals surface area contributed by atoms with E-state index in [2.05, 4.69) is 38.0 Å². The van der Waals surface area contributed by atoms with E-state index in [-0.39, 0.29) is 0 Å². The zero-order chi connectivity index (χ0) is 9.45. The van der Waals surface area contributed by atoms with Crippen LogP contribution in [0.2, 0.25) is 12.1 Å². The Balaban J connectivity index is 3.33. The smallest absolute Gasteiger partial charge is 0.169 e. The van der Waals surface area contributed by atoms with Crippen molar-refractivity contribution >= 4 is 30.5 Å². The molecule has 0 aromatic carbocycles. The SMILES string of the molecule is CCCCCC[Si](S)(S)CCC. The van der Waals surface area contributed by atoms with Crippen LogP contribution in [0, 0.1) is 0 Å². The fourth-order valence-corrected chi connectivity index (χ4v) is 5.52. The Morgan fingerprint density at radius 1 is 0.833 bits per heavy atom. The Hall–Kier alpha value is 0.917. The summed E-state index contributed by atoms with van der Waals surface area (Å²) in [5.74, 6) is 0. The third-order valence-corrected chi connectivity index (χ3v) is 7.22. The van der Waals surface area contributed by atoms with E-state index in [4.69, 9.17) is 0 Å². The van der Waals surface area contributed by atoms with Gasteiger partial charge in [-0.1, -0.05) is 46.0 Å². The molecule has 12 heavy (non-hydrogen) atoms. The third-order valence-electron chi connectivity index (χ3n) is 2.08. The summed E-state index contributed by atoms with van der Waals surface area (Å²) in [6, 6.07) is 2.54. The van der Waals surface area contributed by atoms with Gasteiger partial charge in [-0.15, -0.1) is 0 Å². The van der Waals surface area contributed by atoms with Crippen molar-refractivity contribution in [3.05, 3.63) is 0 Å². The van der Waals surface area contributed by atoms with Gasteiger partial charge < -0.3 is 0 Å². The van der Waals surface area contributed by atoms with Crippen molar-refractivity contribution in [3.63, 3.8) is 0 Å². The minimum absolute atomic E-state index is 1.24. The summed E-state index contributed by atoms with van der Waals surface area (Å²) in [5.41, 5.74) is 0. The van der Waals surface area contributed by atoms with Crippen LogP contribution >= 0.6 is 24.2 Å². The van der Waals surface area contributed by atoms with Crippen molar-refractivity contribution < 1.29 is 0 Å². The van der Waals surface area contributed by atoms with E-state index < -0.39 is 6.37 Å². The topological polar surface area (TPSA) is 0 Å². The third kappa shape index (κ3) is 7.56. The first-order valence-corrected chi connectivity index (χ1v) is 10.1. The van der Waals surface area contributed by atoms with E-state index in [1.165, 1.54) is 44.2 Å². The van der Waals surface area contributed by atoms with Gasteiger partial charge in [0.25, 0.3) is 0 Å². The summed E-state index contributed by atoms with van der Waals surface area (Å²) in [6.07, 6.45) is 5.28. The van der Waals surface area contributed by atoms with Crippen molar-refractivity contribution in [1.29, 1.82) is 0 Å². The lowest BCUT2D eigenvalue weighted by molar-refractivity contribution is 0.698. The highest BCUT2D eigenvalue weighted by Crippen LogP contribution is 2.28. The normalized spacial score (nSPS) is 12.0. The first-order valence-electron chi connectivity index (χ1n) is 5.07. The molecular formula is C9H22S2Si. The summed E-state index contributed by atoms with van der Waals surface area (Å²) in [7, 11) is 0. The lowest BCUT2D eigenvalue weighted by Gasteiger charge is -2.18. The minimum Gasteiger partial charge on any atom is -0.190 e. The summed E-state index contributed by atoms with van der Waals surface area (Å²) in [6.45, 7) is 4.47. The van der Waals surface area contributed by atoms with Gasteiger partial charge in [-0.2, -0.15) is 24.2 Å². The van der Waals surface area contributed by atoms with Crippen LogP contribution in [-0.4, -0.2) is 6.37 Å². The van der Waals surface area contributed by atoms with Crippen molar-refractivity contribution in [2.24, 2.45) is 0 Å². The molecule has 0 fully saturated rings. The van der Waals surface area contributed by atoms with Crippen LogP contribution in [0.15, 0.2) is 0 Å². The molecule has 0 aromatic rings. The van der Waals surface area contributed by atoms with Crippen molar-refractivity contribution in [2.75, 3.05) is 0 Å². The molecule has 0 atom stereocenters. The fraction of sp³-hybridized carbons (Fsp3) is 1.00. The Bertz CT molecular complexity index is 105. The van der Waals surface area contributed by atoms with Gasteiger partial charge in [0.1, 0.15) is 0 Å². The molecule has 0 bridgehead atoms. The van der Waals surface area contributed by atoms with Crippen LogP contribution in [0.4, 0.5) is 0 Å². The molecule has 0 aromatic heterocycles. The van der Waals surface area contributed by atoms with E-state index in [0.717, 1.165) is 0 Å². The van der Waals surface area contributed by atoms with Crippen LogP contribution < -0.4 is 0 Å². The largest absolute Gasteiger partial charge is 0.190 e. The highest BCUT2D eigenvalue weighted by atomic mass is 32.5. The van der Waals surface area contributed by atoms with E-state index in [1.54, 1.807) is 0 Å². The number of hydrogen-bond donors (Lipinski definition) is 2. The molecule has 0 nitrogen and oxygen atoms in total.